The van der Waals surface area contributed by atoms with Crippen molar-refractivity contribution in [2.75, 3.05) is 42.3 Å². The van der Waals surface area contributed by atoms with Gasteiger partial charge in [-0.05, 0) is 18.1 Å². The largest absolute Gasteiger partial charge is 0.382 e. The highest BCUT2D eigenvalue weighted by Crippen LogP contribution is 2.33. The normalized spacial score (nSPS) is 15.1. The maximum absolute atomic E-state index is 14.7. The molecule has 1 saturated heterocycles. The average Bonchev–Trinajstić information content (AvgIpc) is 3.19. The third kappa shape index (κ3) is 4.59. The van der Waals surface area contributed by atoms with Gasteiger partial charge in [0.1, 0.15) is 17.5 Å². The van der Waals surface area contributed by atoms with Crippen molar-refractivity contribution >= 4 is 23.2 Å². The first-order valence-corrected chi connectivity index (χ1v) is 11.4. The zero-order valence-corrected chi connectivity index (χ0v) is 19.4. The van der Waals surface area contributed by atoms with Crippen LogP contribution in [0.4, 0.5) is 26.4 Å². The van der Waals surface area contributed by atoms with E-state index in [2.05, 4.69) is 15.4 Å². The van der Waals surface area contributed by atoms with Crippen LogP contribution in [0.1, 0.15) is 25.5 Å². The summed E-state index contributed by atoms with van der Waals surface area (Å²) in [6.07, 6.45) is 3.42. The summed E-state index contributed by atoms with van der Waals surface area (Å²) in [6.45, 7) is 6.30. The number of nitrogens with two attached hydrogens (primary N) is 1. The van der Waals surface area contributed by atoms with E-state index in [-0.39, 0.29) is 11.7 Å². The summed E-state index contributed by atoms with van der Waals surface area (Å²) in [4.78, 5) is 16.0. The lowest BCUT2D eigenvalue weighted by atomic mass is 9.95. The first-order valence-electron chi connectivity index (χ1n) is 11.4. The fourth-order valence-electron chi connectivity index (χ4n) is 4.21. The molecule has 9 nitrogen and oxygen atoms in total. The van der Waals surface area contributed by atoms with Gasteiger partial charge in [0.2, 0.25) is 5.95 Å². The second kappa shape index (κ2) is 9.41. The van der Waals surface area contributed by atoms with Crippen molar-refractivity contribution in [1.29, 1.82) is 0 Å². The summed E-state index contributed by atoms with van der Waals surface area (Å²) in [5.41, 5.74) is 8.31. The summed E-state index contributed by atoms with van der Waals surface area (Å²) in [5.74, 6) is -0.00689. The summed E-state index contributed by atoms with van der Waals surface area (Å²) >= 11 is 0. The minimum atomic E-state index is -0.622. The molecule has 0 bridgehead atoms. The highest BCUT2D eigenvalue weighted by Gasteiger charge is 2.24. The number of ether oxygens (including phenoxy) is 1. The number of halogens is 2. The van der Waals surface area contributed by atoms with E-state index >= 15 is 0 Å². The van der Waals surface area contributed by atoms with Gasteiger partial charge in [-0.2, -0.15) is 4.98 Å². The summed E-state index contributed by atoms with van der Waals surface area (Å²) in [5, 5.41) is 7.69. The Morgan fingerprint density at radius 3 is 2.66 bits per heavy atom. The van der Waals surface area contributed by atoms with Crippen LogP contribution in [0.15, 0.2) is 42.7 Å². The minimum Gasteiger partial charge on any atom is -0.382 e. The first kappa shape index (κ1) is 22.9. The number of hydrogen-bond donors (Lipinski definition) is 2. The Hall–Kier alpha value is -3.86. The molecule has 5 rings (SSSR count). The molecule has 182 valence electrons. The van der Waals surface area contributed by atoms with Crippen molar-refractivity contribution < 1.29 is 13.5 Å². The third-order valence-electron chi connectivity index (χ3n) is 5.95. The van der Waals surface area contributed by atoms with Crippen molar-refractivity contribution in [3.05, 3.63) is 59.9 Å². The number of anilines is 3. The second-order valence-electron chi connectivity index (χ2n) is 8.72. The quantitative estimate of drug-likeness (QED) is 0.430. The molecule has 0 spiro atoms. The van der Waals surface area contributed by atoms with Gasteiger partial charge in [0.25, 0.3) is 0 Å². The number of hydrogen-bond acceptors (Lipinski definition) is 8. The van der Waals surface area contributed by atoms with E-state index in [1.54, 1.807) is 29.0 Å². The second-order valence-corrected chi connectivity index (χ2v) is 8.72. The number of benzene rings is 1. The molecule has 4 heterocycles. The van der Waals surface area contributed by atoms with Crippen LogP contribution in [0.3, 0.4) is 0 Å². The number of nitrogen functional groups attached to an aromatic ring is 1. The molecular formula is C24H26F2N8O. The molecule has 3 N–H and O–H groups in total. The molecule has 1 aliphatic rings. The van der Waals surface area contributed by atoms with Gasteiger partial charge in [0, 0.05) is 43.2 Å². The lowest BCUT2D eigenvalue weighted by molar-refractivity contribution is 0.122. The van der Waals surface area contributed by atoms with Gasteiger partial charge in [-0.1, -0.05) is 19.9 Å². The van der Waals surface area contributed by atoms with Gasteiger partial charge in [0.15, 0.2) is 11.5 Å². The predicted molar refractivity (Wildman–Crippen MR) is 129 cm³/mol. The lowest BCUT2D eigenvalue weighted by Gasteiger charge is -2.28. The van der Waals surface area contributed by atoms with Crippen LogP contribution < -0.4 is 16.0 Å². The molecule has 1 fully saturated rings. The van der Waals surface area contributed by atoms with Crippen LogP contribution in [0, 0.1) is 17.6 Å². The van der Waals surface area contributed by atoms with E-state index in [1.165, 1.54) is 12.1 Å². The van der Waals surface area contributed by atoms with Gasteiger partial charge in [0.05, 0.1) is 30.5 Å². The number of nitrogens with zero attached hydrogens (tertiary/aromatic N) is 6. The SMILES string of the molecule is CC(C)[C@H](Nc1cc(-c2c(N)nn3cccnc23)nc(N2CCOCC2)n1)c1ccc(F)cc1F. The average molecular weight is 481 g/mol. The molecule has 1 atom stereocenters. The standard InChI is InChI=1S/C24H26F2N8O/c1-14(2)21(16-5-4-15(25)12-17(16)26)30-19-13-18(29-24(31-19)33-8-10-35-11-9-33)20-22(27)32-34-7-3-6-28-23(20)34/h3-7,12-14,21H,8-11H2,1-2H3,(H2,27,32)(H,29,30,31)/t21-/m0/s1. The molecule has 0 radical (unpaired) electrons. The Morgan fingerprint density at radius 2 is 1.91 bits per heavy atom. The van der Waals surface area contributed by atoms with Crippen LogP contribution in [0.5, 0.6) is 0 Å². The number of rotatable bonds is 6. The number of fused-ring (bicyclic) bond motifs is 1. The first-order chi connectivity index (χ1) is 16.9. The molecule has 0 amide bonds. The Balaban J connectivity index is 1.61. The van der Waals surface area contributed by atoms with Crippen LogP contribution in [-0.4, -0.2) is 50.9 Å². The molecule has 35 heavy (non-hydrogen) atoms. The van der Waals surface area contributed by atoms with E-state index < -0.39 is 17.7 Å². The van der Waals surface area contributed by atoms with Crippen LogP contribution >= 0.6 is 0 Å². The van der Waals surface area contributed by atoms with Gasteiger partial charge in [-0.25, -0.2) is 23.3 Å². The molecule has 0 aliphatic carbocycles. The van der Waals surface area contributed by atoms with Crippen molar-refractivity contribution in [2.24, 2.45) is 5.92 Å². The maximum Gasteiger partial charge on any atom is 0.228 e. The smallest absolute Gasteiger partial charge is 0.228 e. The van der Waals surface area contributed by atoms with Crippen LogP contribution in [0.2, 0.25) is 0 Å². The molecule has 1 aromatic carbocycles. The van der Waals surface area contributed by atoms with Gasteiger partial charge >= 0.3 is 0 Å². The van der Waals surface area contributed by atoms with Crippen molar-refractivity contribution in [3.8, 4) is 11.3 Å². The molecule has 0 unspecified atom stereocenters. The topological polar surface area (TPSA) is 106 Å². The Bertz CT molecular complexity index is 1350. The Kier molecular flexibility index (Phi) is 6.16. The molecule has 11 heteroatoms. The Labute approximate surface area is 201 Å². The van der Waals surface area contributed by atoms with E-state index in [1.807, 2.05) is 18.7 Å². The van der Waals surface area contributed by atoms with Crippen molar-refractivity contribution in [3.63, 3.8) is 0 Å². The van der Waals surface area contributed by atoms with Crippen molar-refractivity contribution in [1.82, 2.24) is 24.6 Å². The number of nitrogens with one attached hydrogen (secondary N) is 1. The summed E-state index contributed by atoms with van der Waals surface area (Å²) in [6, 6.07) is 6.66. The van der Waals surface area contributed by atoms with E-state index in [4.69, 9.17) is 20.4 Å². The van der Waals surface area contributed by atoms with Crippen LogP contribution in [0.25, 0.3) is 16.9 Å². The fraction of sp³-hybridized carbons (Fsp3) is 0.333. The maximum atomic E-state index is 14.7. The number of aromatic nitrogens is 5. The van der Waals surface area contributed by atoms with Gasteiger partial charge in [-0.15, -0.1) is 5.10 Å². The Morgan fingerprint density at radius 1 is 1.11 bits per heavy atom. The minimum absolute atomic E-state index is 0.0241. The van der Waals surface area contributed by atoms with E-state index in [9.17, 15) is 8.78 Å². The molecule has 4 aromatic rings. The molecular weight excluding hydrogens is 454 g/mol. The van der Waals surface area contributed by atoms with Crippen LogP contribution in [-0.2, 0) is 4.74 Å². The highest BCUT2D eigenvalue weighted by atomic mass is 19.1. The summed E-state index contributed by atoms with van der Waals surface area (Å²) < 4.78 is 35.3. The van der Waals surface area contributed by atoms with Crippen molar-refractivity contribution in [2.45, 2.75) is 19.9 Å². The van der Waals surface area contributed by atoms with E-state index in [0.29, 0.717) is 60.5 Å². The zero-order chi connectivity index (χ0) is 24.5. The van der Waals surface area contributed by atoms with Gasteiger partial charge in [-0.3, -0.25) is 0 Å². The third-order valence-corrected chi connectivity index (χ3v) is 5.95. The fourth-order valence-corrected chi connectivity index (χ4v) is 4.21. The lowest BCUT2D eigenvalue weighted by Crippen LogP contribution is -2.37. The van der Waals surface area contributed by atoms with E-state index in [0.717, 1.165) is 6.07 Å². The predicted octanol–water partition coefficient (Wildman–Crippen LogP) is 3.69. The molecule has 3 aromatic heterocycles. The highest BCUT2D eigenvalue weighted by molar-refractivity contribution is 5.85. The zero-order valence-electron chi connectivity index (χ0n) is 19.4. The molecule has 1 aliphatic heterocycles. The molecule has 0 saturated carbocycles. The summed E-state index contributed by atoms with van der Waals surface area (Å²) in [7, 11) is 0. The number of morpholine rings is 1. The monoisotopic (exact) mass is 480 g/mol. The van der Waals surface area contributed by atoms with Gasteiger partial charge < -0.3 is 20.7 Å².